The first-order chi connectivity index (χ1) is 11.8. The van der Waals surface area contributed by atoms with Gasteiger partial charge in [0.15, 0.2) is 17.4 Å². The maximum absolute atomic E-state index is 4.71. The van der Waals surface area contributed by atoms with E-state index in [1.54, 1.807) is 0 Å². The summed E-state index contributed by atoms with van der Waals surface area (Å²) in [5.41, 5.74) is 0.850. The summed E-state index contributed by atoms with van der Waals surface area (Å²) < 4.78 is 1.97. The van der Waals surface area contributed by atoms with Crippen molar-refractivity contribution < 1.29 is 0 Å². The van der Waals surface area contributed by atoms with Crippen molar-refractivity contribution in [1.29, 1.82) is 0 Å². The lowest BCUT2D eigenvalue weighted by Gasteiger charge is -2.21. The van der Waals surface area contributed by atoms with Crippen LogP contribution in [0.1, 0.15) is 38.4 Å². The Morgan fingerprint density at radius 3 is 2.92 bits per heavy atom. The van der Waals surface area contributed by atoms with E-state index in [4.69, 9.17) is 4.99 Å². The van der Waals surface area contributed by atoms with Gasteiger partial charge in [0, 0.05) is 26.3 Å². The van der Waals surface area contributed by atoms with E-state index in [0.717, 1.165) is 43.4 Å². The number of hydrogen-bond donors (Lipinski definition) is 1. The minimum Gasteiger partial charge on any atom is -0.357 e. The molecular weight excluding hydrogens is 427 g/mol. The maximum atomic E-state index is 4.71. The summed E-state index contributed by atoms with van der Waals surface area (Å²) >= 11 is 0. The number of halogens is 1. The topological polar surface area (TPSA) is 57.8 Å². The number of unbranched alkanes of at least 4 members (excludes halogenated alkanes) is 3. The van der Waals surface area contributed by atoms with Crippen molar-refractivity contribution >= 4 is 35.6 Å². The number of rotatable bonds is 9. The molecule has 0 aliphatic carbocycles. The van der Waals surface area contributed by atoms with Crippen molar-refractivity contribution in [3.05, 3.63) is 42.9 Å². The summed E-state index contributed by atoms with van der Waals surface area (Å²) in [5, 5.41) is 11.7. The number of nitrogens with one attached hydrogen (secondary N) is 1. The van der Waals surface area contributed by atoms with Crippen molar-refractivity contribution in [3.63, 3.8) is 0 Å². The zero-order valence-corrected chi connectivity index (χ0v) is 17.5. The van der Waals surface area contributed by atoms with Gasteiger partial charge in [-0.25, -0.2) is 4.99 Å². The third kappa shape index (κ3) is 6.64. The second-order valence-corrected chi connectivity index (χ2v) is 5.77. The standard InChI is InChI=1S/C18H28N6.HI/c1-4-6-7-8-10-13-23(3)18(19-5-2)20-15-17-22-21-16-12-9-11-14-24(16)17;/h4,9,11-12,14H,1,5-8,10,13,15H2,2-3H3,(H,19,20);1H. The summed E-state index contributed by atoms with van der Waals surface area (Å²) in [6.07, 6.45) is 8.62. The van der Waals surface area contributed by atoms with Crippen molar-refractivity contribution in [2.45, 2.75) is 39.2 Å². The van der Waals surface area contributed by atoms with E-state index in [2.05, 4.69) is 41.0 Å². The van der Waals surface area contributed by atoms with Crippen molar-refractivity contribution in [3.8, 4) is 0 Å². The molecule has 2 aromatic rings. The summed E-state index contributed by atoms with van der Waals surface area (Å²) in [5.74, 6) is 1.76. The van der Waals surface area contributed by atoms with E-state index in [9.17, 15) is 0 Å². The van der Waals surface area contributed by atoms with Crippen LogP contribution < -0.4 is 5.32 Å². The smallest absolute Gasteiger partial charge is 0.194 e. The molecular formula is C18H29IN6. The largest absolute Gasteiger partial charge is 0.357 e. The zero-order valence-electron chi connectivity index (χ0n) is 15.2. The monoisotopic (exact) mass is 456 g/mol. The third-order valence-corrected chi connectivity index (χ3v) is 3.85. The molecule has 0 amide bonds. The number of nitrogens with zero attached hydrogens (tertiary/aromatic N) is 5. The number of fused-ring (bicyclic) bond motifs is 1. The van der Waals surface area contributed by atoms with Gasteiger partial charge < -0.3 is 10.2 Å². The Balaban J connectivity index is 0.00000312. The molecule has 2 rings (SSSR count). The van der Waals surface area contributed by atoms with E-state index < -0.39 is 0 Å². The SMILES string of the molecule is C=CCCCCCN(C)C(=NCc1nnc2ccccn12)NCC.I. The molecule has 0 aromatic carbocycles. The molecule has 0 bridgehead atoms. The van der Waals surface area contributed by atoms with E-state index in [-0.39, 0.29) is 24.0 Å². The second-order valence-electron chi connectivity index (χ2n) is 5.77. The molecule has 0 saturated carbocycles. The van der Waals surface area contributed by atoms with Crippen LogP contribution in [0.25, 0.3) is 5.65 Å². The van der Waals surface area contributed by atoms with E-state index in [1.165, 1.54) is 12.8 Å². The predicted octanol–water partition coefficient (Wildman–Crippen LogP) is 3.49. The highest BCUT2D eigenvalue weighted by atomic mass is 127. The molecule has 0 spiro atoms. The van der Waals surface area contributed by atoms with Gasteiger partial charge >= 0.3 is 0 Å². The Morgan fingerprint density at radius 2 is 2.16 bits per heavy atom. The lowest BCUT2D eigenvalue weighted by Crippen LogP contribution is -2.39. The minimum atomic E-state index is 0. The van der Waals surface area contributed by atoms with Gasteiger partial charge in [0.2, 0.25) is 0 Å². The average Bonchev–Trinajstić information content (AvgIpc) is 3.01. The first-order valence-corrected chi connectivity index (χ1v) is 8.65. The summed E-state index contributed by atoms with van der Waals surface area (Å²) in [6, 6.07) is 5.88. The highest BCUT2D eigenvalue weighted by Crippen LogP contribution is 2.05. The van der Waals surface area contributed by atoms with Gasteiger partial charge in [-0.1, -0.05) is 18.6 Å². The van der Waals surface area contributed by atoms with Crippen LogP contribution in [0.4, 0.5) is 0 Å². The molecule has 0 radical (unpaired) electrons. The zero-order chi connectivity index (χ0) is 17.2. The van der Waals surface area contributed by atoms with E-state index in [1.807, 2.05) is 34.9 Å². The third-order valence-electron chi connectivity index (χ3n) is 3.85. The molecule has 0 aliphatic heterocycles. The van der Waals surface area contributed by atoms with Crippen molar-refractivity contribution in [2.75, 3.05) is 20.1 Å². The number of allylic oxidation sites excluding steroid dienone is 1. The van der Waals surface area contributed by atoms with Crippen LogP contribution in [0.15, 0.2) is 42.0 Å². The van der Waals surface area contributed by atoms with Crippen LogP contribution in [0.3, 0.4) is 0 Å². The molecule has 0 aliphatic rings. The molecule has 2 heterocycles. The summed E-state index contributed by atoms with van der Waals surface area (Å²) in [7, 11) is 2.08. The van der Waals surface area contributed by atoms with E-state index in [0.29, 0.717) is 6.54 Å². The number of aromatic nitrogens is 3. The summed E-state index contributed by atoms with van der Waals surface area (Å²) in [6.45, 7) is 8.19. The lowest BCUT2D eigenvalue weighted by molar-refractivity contribution is 0.455. The van der Waals surface area contributed by atoms with Gasteiger partial charge in [0.25, 0.3) is 0 Å². The van der Waals surface area contributed by atoms with Crippen LogP contribution >= 0.6 is 24.0 Å². The molecule has 7 heteroatoms. The van der Waals surface area contributed by atoms with E-state index >= 15 is 0 Å². The molecule has 0 atom stereocenters. The quantitative estimate of drug-likeness (QED) is 0.206. The Bertz CT molecular complexity index is 666. The lowest BCUT2D eigenvalue weighted by atomic mass is 10.2. The maximum Gasteiger partial charge on any atom is 0.194 e. The highest BCUT2D eigenvalue weighted by Gasteiger charge is 2.07. The van der Waals surface area contributed by atoms with Crippen molar-refractivity contribution in [1.82, 2.24) is 24.8 Å². The Morgan fingerprint density at radius 1 is 1.32 bits per heavy atom. The molecule has 0 unspecified atom stereocenters. The molecule has 25 heavy (non-hydrogen) atoms. The van der Waals surface area contributed by atoms with Gasteiger partial charge in [-0.15, -0.1) is 40.8 Å². The molecule has 1 N–H and O–H groups in total. The van der Waals surface area contributed by atoms with Crippen LogP contribution in [0, 0.1) is 0 Å². The molecule has 0 saturated heterocycles. The molecule has 138 valence electrons. The molecule has 2 aromatic heterocycles. The van der Waals surface area contributed by atoms with Crippen LogP contribution in [-0.2, 0) is 6.54 Å². The fourth-order valence-corrected chi connectivity index (χ4v) is 2.53. The van der Waals surface area contributed by atoms with Gasteiger partial charge in [-0.2, -0.15) is 0 Å². The normalized spacial score (nSPS) is 11.2. The number of pyridine rings is 1. The van der Waals surface area contributed by atoms with Crippen LogP contribution in [0.5, 0.6) is 0 Å². The molecule has 6 nitrogen and oxygen atoms in total. The van der Waals surface area contributed by atoms with Crippen LogP contribution in [0.2, 0.25) is 0 Å². The van der Waals surface area contributed by atoms with Gasteiger partial charge in [0.1, 0.15) is 6.54 Å². The Labute approximate surface area is 167 Å². The summed E-state index contributed by atoms with van der Waals surface area (Å²) in [4.78, 5) is 6.89. The molecule has 0 fully saturated rings. The fraction of sp³-hybridized carbons (Fsp3) is 0.500. The number of hydrogen-bond acceptors (Lipinski definition) is 3. The highest BCUT2D eigenvalue weighted by molar-refractivity contribution is 14.0. The van der Waals surface area contributed by atoms with Gasteiger partial charge in [-0.3, -0.25) is 4.40 Å². The average molecular weight is 456 g/mol. The Hall–Kier alpha value is -1.64. The van der Waals surface area contributed by atoms with Gasteiger partial charge in [-0.05, 0) is 38.3 Å². The fourth-order valence-electron chi connectivity index (χ4n) is 2.53. The Kier molecular flexibility index (Phi) is 10.1. The van der Waals surface area contributed by atoms with Crippen LogP contribution in [-0.4, -0.2) is 45.6 Å². The van der Waals surface area contributed by atoms with Gasteiger partial charge in [0.05, 0.1) is 0 Å². The predicted molar refractivity (Wildman–Crippen MR) is 115 cm³/mol. The first-order valence-electron chi connectivity index (χ1n) is 8.65. The first kappa shape index (κ1) is 21.4. The second kappa shape index (κ2) is 11.8. The number of guanidine groups is 1. The van der Waals surface area contributed by atoms with Crippen molar-refractivity contribution in [2.24, 2.45) is 4.99 Å². The minimum absolute atomic E-state index is 0. The number of aliphatic imine (C=N–C) groups is 1.